The van der Waals surface area contributed by atoms with Crippen LogP contribution in [0.25, 0.3) is 5.57 Å². The summed E-state index contributed by atoms with van der Waals surface area (Å²) in [4.78, 5) is 8.95. The Morgan fingerprint density at radius 2 is 1.81 bits per heavy atom. The van der Waals surface area contributed by atoms with Crippen LogP contribution in [0.15, 0.2) is 53.3 Å². The molecule has 0 amide bonds. The van der Waals surface area contributed by atoms with Crippen molar-refractivity contribution >= 4 is 11.8 Å². The summed E-state index contributed by atoms with van der Waals surface area (Å²) in [7, 11) is 0. The van der Waals surface area contributed by atoms with Gasteiger partial charge in [-0.3, -0.25) is 4.99 Å². The number of aryl methyl sites for hydroxylation is 3. The van der Waals surface area contributed by atoms with Crippen molar-refractivity contribution in [2.45, 2.75) is 20.8 Å². The van der Waals surface area contributed by atoms with Crippen LogP contribution in [-0.2, 0) is 0 Å². The quantitative estimate of drug-likeness (QED) is 0.755. The molecule has 100 valence electrons. The number of hydrogen-bond donors (Lipinski definition) is 0. The molecule has 2 nitrogen and oxygen atoms in total. The molecule has 1 aliphatic heterocycles. The molecule has 0 atom stereocenters. The van der Waals surface area contributed by atoms with E-state index in [0.29, 0.717) is 0 Å². The Morgan fingerprint density at radius 3 is 2.33 bits per heavy atom. The van der Waals surface area contributed by atoms with E-state index >= 15 is 0 Å². The summed E-state index contributed by atoms with van der Waals surface area (Å²) in [6, 6.07) is 8.45. The molecule has 0 radical (unpaired) electrons. The van der Waals surface area contributed by atoms with Gasteiger partial charge in [0.2, 0.25) is 0 Å². The van der Waals surface area contributed by atoms with Crippen LogP contribution < -0.4 is 34.5 Å². The summed E-state index contributed by atoms with van der Waals surface area (Å²) < 4.78 is 0. The van der Waals surface area contributed by atoms with Gasteiger partial charge in [-0.15, -0.1) is 5.69 Å². The van der Waals surface area contributed by atoms with Gasteiger partial charge in [-0.25, -0.2) is 0 Å². The molecule has 0 N–H and O–H groups in total. The van der Waals surface area contributed by atoms with Gasteiger partial charge in [-0.05, 0) is 55.2 Å². The Bertz CT molecular complexity index is 698. The molecule has 1 aromatic carbocycles. The maximum absolute atomic E-state index is 4.48. The molecular weight excluding hydrogens is 267 g/mol. The Labute approximate surface area is 148 Å². The summed E-state index contributed by atoms with van der Waals surface area (Å²) in [6.45, 7) is 6.44. The number of benzene rings is 1. The number of allylic oxidation sites excluding steroid dienone is 2. The van der Waals surface area contributed by atoms with Gasteiger partial charge in [-0.1, -0.05) is 29.8 Å². The molecular formula is C18H17N2Na. The molecule has 0 saturated carbocycles. The normalized spacial score (nSPS) is 15.2. The van der Waals surface area contributed by atoms with Gasteiger partial charge in [0.15, 0.2) is 0 Å². The number of aliphatic imine (C=N–C) groups is 1. The molecule has 0 spiro atoms. The number of aromatic nitrogens is 1. The van der Waals surface area contributed by atoms with Crippen LogP contribution in [-0.4, -0.2) is 6.21 Å². The first-order chi connectivity index (χ1) is 9.66. The molecule has 1 aromatic heterocycles. The van der Waals surface area contributed by atoms with Crippen LogP contribution in [0.5, 0.6) is 0 Å². The maximum atomic E-state index is 4.48. The SMILES string of the molecule is Cc1cc(C)c(/C(=C2/C=CC=N2)c2ccc[n-]2)c(C)c1.[Na+]. The fraction of sp³-hybridized carbons (Fsp3) is 0.167. The fourth-order valence-electron chi connectivity index (χ4n) is 2.86. The molecule has 2 aromatic rings. The summed E-state index contributed by atoms with van der Waals surface area (Å²) in [6.07, 6.45) is 7.67. The third-order valence-electron chi connectivity index (χ3n) is 3.55. The molecule has 0 bridgehead atoms. The molecule has 2 heterocycles. The van der Waals surface area contributed by atoms with Crippen molar-refractivity contribution in [2.24, 2.45) is 4.99 Å². The minimum atomic E-state index is 0. The molecule has 21 heavy (non-hydrogen) atoms. The molecule has 1 aliphatic rings. The summed E-state index contributed by atoms with van der Waals surface area (Å²) in [5, 5.41) is 0. The Kier molecular flexibility index (Phi) is 5.04. The number of hydrogen-bond acceptors (Lipinski definition) is 1. The minimum Gasteiger partial charge on any atom is -0.664 e. The monoisotopic (exact) mass is 284 g/mol. The van der Waals surface area contributed by atoms with Crippen molar-refractivity contribution in [1.29, 1.82) is 0 Å². The van der Waals surface area contributed by atoms with Crippen LogP contribution in [0.2, 0.25) is 0 Å². The Balaban J connectivity index is 0.00000161. The van der Waals surface area contributed by atoms with E-state index in [4.69, 9.17) is 0 Å². The van der Waals surface area contributed by atoms with E-state index in [1.807, 2.05) is 36.7 Å². The summed E-state index contributed by atoms with van der Waals surface area (Å²) >= 11 is 0. The zero-order chi connectivity index (χ0) is 14.1. The fourth-order valence-corrected chi connectivity index (χ4v) is 2.86. The Morgan fingerprint density at radius 1 is 1.10 bits per heavy atom. The van der Waals surface area contributed by atoms with Gasteiger partial charge in [0.25, 0.3) is 0 Å². The van der Waals surface area contributed by atoms with Crippen LogP contribution in [0.4, 0.5) is 0 Å². The number of rotatable bonds is 2. The van der Waals surface area contributed by atoms with Gasteiger partial charge in [0.05, 0.1) is 5.70 Å². The van der Waals surface area contributed by atoms with E-state index in [2.05, 4.69) is 42.9 Å². The van der Waals surface area contributed by atoms with Gasteiger partial charge < -0.3 is 4.98 Å². The number of nitrogens with zero attached hydrogens (tertiary/aromatic N) is 2. The molecule has 3 heteroatoms. The van der Waals surface area contributed by atoms with Crippen LogP contribution >= 0.6 is 0 Å². The van der Waals surface area contributed by atoms with Crippen LogP contribution in [0, 0.1) is 20.8 Å². The average molecular weight is 284 g/mol. The summed E-state index contributed by atoms with van der Waals surface area (Å²) in [5.74, 6) is 0. The predicted octanol–water partition coefficient (Wildman–Crippen LogP) is 0.973. The van der Waals surface area contributed by atoms with Gasteiger partial charge in [0.1, 0.15) is 0 Å². The van der Waals surface area contributed by atoms with Crippen molar-refractivity contribution < 1.29 is 29.6 Å². The van der Waals surface area contributed by atoms with E-state index < -0.39 is 0 Å². The second kappa shape index (κ2) is 6.61. The van der Waals surface area contributed by atoms with Crippen LogP contribution in [0.3, 0.4) is 0 Å². The van der Waals surface area contributed by atoms with E-state index in [0.717, 1.165) is 17.0 Å². The standard InChI is InChI=1S/C18H17N2.Na/c1-12-10-13(2)17(14(3)11-12)18(15-6-4-8-19-15)16-7-5-9-20-16;/h4-11H,1-3H3;/q-1;+1/b18-15-;. The smallest absolute Gasteiger partial charge is 0.664 e. The molecule has 0 aliphatic carbocycles. The summed E-state index contributed by atoms with van der Waals surface area (Å²) in [5.41, 5.74) is 8.15. The second-order valence-electron chi connectivity index (χ2n) is 5.19. The molecule has 0 unspecified atom stereocenters. The zero-order valence-electron chi connectivity index (χ0n) is 13.0. The van der Waals surface area contributed by atoms with E-state index in [9.17, 15) is 0 Å². The average Bonchev–Trinajstić information content (AvgIpc) is 3.07. The molecule has 3 rings (SSSR count). The first-order valence-electron chi connectivity index (χ1n) is 6.78. The first-order valence-corrected chi connectivity index (χ1v) is 6.78. The third-order valence-corrected chi connectivity index (χ3v) is 3.55. The van der Waals surface area contributed by atoms with Gasteiger partial charge in [0, 0.05) is 6.21 Å². The van der Waals surface area contributed by atoms with E-state index in [1.54, 1.807) is 0 Å². The first kappa shape index (κ1) is 16.0. The van der Waals surface area contributed by atoms with E-state index in [-0.39, 0.29) is 29.6 Å². The van der Waals surface area contributed by atoms with Crippen LogP contribution in [0.1, 0.15) is 27.9 Å². The van der Waals surface area contributed by atoms with Crippen molar-refractivity contribution in [3.8, 4) is 0 Å². The third kappa shape index (κ3) is 3.13. The molecule has 0 fully saturated rings. The van der Waals surface area contributed by atoms with Crippen molar-refractivity contribution in [3.05, 3.63) is 76.3 Å². The maximum Gasteiger partial charge on any atom is 1.00 e. The van der Waals surface area contributed by atoms with Crippen molar-refractivity contribution in [3.63, 3.8) is 0 Å². The van der Waals surface area contributed by atoms with Gasteiger partial charge in [-0.2, -0.15) is 6.20 Å². The van der Waals surface area contributed by atoms with Crippen molar-refractivity contribution in [1.82, 2.24) is 4.98 Å². The second-order valence-corrected chi connectivity index (χ2v) is 5.19. The van der Waals surface area contributed by atoms with Gasteiger partial charge >= 0.3 is 29.6 Å². The predicted molar refractivity (Wildman–Crippen MR) is 84.1 cm³/mol. The zero-order valence-corrected chi connectivity index (χ0v) is 15.0. The topological polar surface area (TPSA) is 26.5 Å². The van der Waals surface area contributed by atoms with E-state index in [1.165, 1.54) is 22.3 Å². The molecule has 0 saturated heterocycles. The minimum absolute atomic E-state index is 0. The largest absolute Gasteiger partial charge is 1.00 e. The Hall–Kier alpha value is -1.35. The van der Waals surface area contributed by atoms with Crippen molar-refractivity contribution in [2.75, 3.05) is 0 Å².